The molecule has 1 fully saturated rings. The summed E-state index contributed by atoms with van der Waals surface area (Å²) in [4.78, 5) is 38.4. The predicted molar refractivity (Wildman–Crippen MR) is 109 cm³/mol. The second-order valence-corrected chi connectivity index (χ2v) is 6.98. The number of benzene rings is 2. The molecular formula is C20H19F3N4O5. The van der Waals surface area contributed by atoms with Gasteiger partial charge in [0, 0.05) is 50.4 Å². The van der Waals surface area contributed by atoms with Crippen LogP contribution < -0.4 is 15.0 Å². The molecule has 1 aliphatic rings. The smallest absolute Gasteiger partial charge is 0.406 e. The molecule has 0 radical (unpaired) electrons. The number of nitro benzene ring substituents is 1. The van der Waals surface area contributed by atoms with Gasteiger partial charge in [-0.1, -0.05) is 0 Å². The van der Waals surface area contributed by atoms with E-state index in [0.29, 0.717) is 31.9 Å². The maximum absolute atomic E-state index is 12.5. The number of nitrogens with one attached hydrogen (secondary N) is 1. The van der Waals surface area contributed by atoms with E-state index in [4.69, 9.17) is 0 Å². The monoisotopic (exact) mass is 452 g/mol. The molecule has 170 valence electrons. The molecule has 3 rings (SSSR count). The lowest BCUT2D eigenvalue weighted by molar-refractivity contribution is -0.384. The Hall–Kier alpha value is -3.83. The van der Waals surface area contributed by atoms with Gasteiger partial charge < -0.3 is 19.9 Å². The Labute approximate surface area is 180 Å². The van der Waals surface area contributed by atoms with E-state index in [9.17, 15) is 32.9 Å². The lowest BCUT2D eigenvalue weighted by Gasteiger charge is -2.35. The number of anilines is 2. The van der Waals surface area contributed by atoms with Crippen LogP contribution in [-0.4, -0.2) is 54.2 Å². The first kappa shape index (κ1) is 22.8. The Bertz CT molecular complexity index is 1020. The third kappa shape index (κ3) is 5.65. The highest BCUT2D eigenvalue weighted by molar-refractivity contribution is 6.05. The van der Waals surface area contributed by atoms with Crippen molar-refractivity contribution in [3.05, 3.63) is 58.1 Å². The molecule has 2 aromatic rings. The topological polar surface area (TPSA) is 105 Å². The van der Waals surface area contributed by atoms with Crippen molar-refractivity contribution in [1.82, 2.24) is 4.90 Å². The molecule has 1 aliphatic heterocycles. The third-order valence-electron chi connectivity index (χ3n) is 4.85. The normalized spacial score (nSPS) is 14.1. The number of piperazine rings is 1. The van der Waals surface area contributed by atoms with Gasteiger partial charge in [-0.05, 0) is 36.4 Å². The first-order valence-electron chi connectivity index (χ1n) is 9.49. The second-order valence-electron chi connectivity index (χ2n) is 6.98. The molecule has 0 spiro atoms. The van der Waals surface area contributed by atoms with E-state index in [2.05, 4.69) is 10.1 Å². The number of amides is 2. The van der Waals surface area contributed by atoms with Crippen molar-refractivity contribution in [3.8, 4) is 5.75 Å². The van der Waals surface area contributed by atoms with Gasteiger partial charge in [-0.25, -0.2) is 0 Å². The van der Waals surface area contributed by atoms with E-state index in [1.807, 2.05) is 0 Å². The van der Waals surface area contributed by atoms with E-state index >= 15 is 0 Å². The summed E-state index contributed by atoms with van der Waals surface area (Å²) in [6.07, 6.45) is -4.83. The first-order valence-corrected chi connectivity index (χ1v) is 9.49. The van der Waals surface area contributed by atoms with E-state index < -0.39 is 22.9 Å². The number of nitro groups is 1. The zero-order chi connectivity index (χ0) is 23.5. The largest absolute Gasteiger partial charge is 0.573 e. The zero-order valence-corrected chi connectivity index (χ0v) is 16.9. The number of carbonyl (C=O) groups excluding carboxylic acids is 2. The Kier molecular flexibility index (Phi) is 6.51. The zero-order valence-electron chi connectivity index (χ0n) is 16.9. The molecular weight excluding hydrogens is 433 g/mol. The Balaban J connectivity index is 1.73. The molecule has 2 amide bonds. The Morgan fingerprint density at radius 1 is 1.06 bits per heavy atom. The molecule has 32 heavy (non-hydrogen) atoms. The van der Waals surface area contributed by atoms with Crippen molar-refractivity contribution in [2.45, 2.75) is 13.3 Å². The summed E-state index contributed by atoms with van der Waals surface area (Å²) in [7, 11) is 0. The van der Waals surface area contributed by atoms with Gasteiger partial charge in [0.05, 0.1) is 4.92 Å². The molecule has 0 bridgehead atoms. The second kappa shape index (κ2) is 9.12. The molecule has 0 aliphatic carbocycles. The summed E-state index contributed by atoms with van der Waals surface area (Å²) in [6, 6.07) is 8.55. The standard InChI is InChI=1S/C20H19F3N4O5/c1-13(28)25-8-10-26(11-9-25)17-7-2-14(12-18(17)27(30)31)19(29)24-15-3-5-16(6-4-15)32-20(21,22)23/h2-7,12H,8-11H2,1H3,(H,24,29). The first-order chi connectivity index (χ1) is 15.0. The summed E-state index contributed by atoms with van der Waals surface area (Å²) < 4.78 is 40.5. The quantitative estimate of drug-likeness (QED) is 0.551. The van der Waals surface area contributed by atoms with Crippen LogP contribution in [0.2, 0.25) is 0 Å². The van der Waals surface area contributed by atoms with Crippen LogP contribution >= 0.6 is 0 Å². The molecule has 1 N–H and O–H groups in total. The summed E-state index contributed by atoms with van der Waals surface area (Å²) >= 11 is 0. The number of alkyl halides is 3. The minimum Gasteiger partial charge on any atom is -0.406 e. The summed E-state index contributed by atoms with van der Waals surface area (Å²) in [5, 5.41) is 14.1. The fourth-order valence-electron chi connectivity index (χ4n) is 3.28. The van der Waals surface area contributed by atoms with Crippen molar-refractivity contribution in [2.75, 3.05) is 36.4 Å². The van der Waals surface area contributed by atoms with E-state index in [-0.39, 0.29) is 22.8 Å². The highest BCUT2D eigenvalue weighted by atomic mass is 19.4. The van der Waals surface area contributed by atoms with Crippen LogP contribution in [0.15, 0.2) is 42.5 Å². The average Bonchev–Trinajstić information content (AvgIpc) is 2.73. The molecule has 0 unspecified atom stereocenters. The number of carbonyl (C=O) groups is 2. The van der Waals surface area contributed by atoms with Crippen molar-refractivity contribution in [2.24, 2.45) is 0 Å². The third-order valence-corrected chi connectivity index (χ3v) is 4.85. The minimum atomic E-state index is -4.83. The van der Waals surface area contributed by atoms with Crippen LogP contribution in [0.4, 0.5) is 30.2 Å². The average molecular weight is 452 g/mol. The van der Waals surface area contributed by atoms with E-state index in [0.717, 1.165) is 18.2 Å². The summed E-state index contributed by atoms with van der Waals surface area (Å²) in [5.74, 6) is -1.17. The van der Waals surface area contributed by atoms with Crippen LogP contribution in [0.5, 0.6) is 5.75 Å². The number of rotatable bonds is 5. The minimum absolute atomic E-state index is 0.0124. The molecule has 1 saturated heterocycles. The molecule has 0 aromatic heterocycles. The SMILES string of the molecule is CC(=O)N1CCN(c2ccc(C(=O)Nc3ccc(OC(F)(F)F)cc3)cc2[N+](=O)[O-])CC1. The maximum Gasteiger partial charge on any atom is 0.573 e. The molecule has 0 atom stereocenters. The number of ether oxygens (including phenoxy) is 1. The maximum atomic E-state index is 12.5. The van der Waals surface area contributed by atoms with E-state index in [1.165, 1.54) is 31.2 Å². The Morgan fingerprint density at radius 3 is 2.22 bits per heavy atom. The van der Waals surface area contributed by atoms with Gasteiger partial charge in [0.1, 0.15) is 11.4 Å². The lowest BCUT2D eigenvalue weighted by atomic mass is 10.1. The summed E-state index contributed by atoms with van der Waals surface area (Å²) in [6.45, 7) is 3.16. The van der Waals surface area contributed by atoms with Gasteiger partial charge in [0.15, 0.2) is 0 Å². The molecule has 12 heteroatoms. The fraction of sp³-hybridized carbons (Fsp3) is 0.300. The number of halogens is 3. The Morgan fingerprint density at radius 2 is 1.69 bits per heavy atom. The highest BCUT2D eigenvalue weighted by Gasteiger charge is 2.31. The predicted octanol–water partition coefficient (Wildman–Crippen LogP) is 3.41. The van der Waals surface area contributed by atoms with Gasteiger partial charge in [0.25, 0.3) is 11.6 Å². The van der Waals surface area contributed by atoms with Crippen molar-refractivity contribution < 1.29 is 32.4 Å². The molecule has 2 aromatic carbocycles. The summed E-state index contributed by atoms with van der Waals surface area (Å²) in [5.41, 5.74) is 0.279. The van der Waals surface area contributed by atoms with Crippen LogP contribution in [0.3, 0.4) is 0 Å². The van der Waals surface area contributed by atoms with Crippen molar-refractivity contribution in [3.63, 3.8) is 0 Å². The number of nitrogens with zero attached hydrogens (tertiary/aromatic N) is 3. The van der Waals surface area contributed by atoms with Crippen LogP contribution in [0, 0.1) is 10.1 Å². The van der Waals surface area contributed by atoms with E-state index in [1.54, 1.807) is 9.80 Å². The van der Waals surface area contributed by atoms with Crippen LogP contribution in [0.25, 0.3) is 0 Å². The van der Waals surface area contributed by atoms with Gasteiger partial charge in [-0.2, -0.15) is 0 Å². The highest BCUT2D eigenvalue weighted by Crippen LogP contribution is 2.31. The van der Waals surface area contributed by atoms with Gasteiger partial charge in [0.2, 0.25) is 5.91 Å². The molecule has 0 saturated carbocycles. The molecule has 9 nitrogen and oxygen atoms in total. The van der Waals surface area contributed by atoms with Gasteiger partial charge in [-0.3, -0.25) is 19.7 Å². The number of hydrogen-bond donors (Lipinski definition) is 1. The van der Waals surface area contributed by atoms with Gasteiger partial charge >= 0.3 is 6.36 Å². The fourth-order valence-corrected chi connectivity index (χ4v) is 3.28. The van der Waals surface area contributed by atoms with Crippen LogP contribution in [-0.2, 0) is 4.79 Å². The van der Waals surface area contributed by atoms with Crippen molar-refractivity contribution in [1.29, 1.82) is 0 Å². The van der Waals surface area contributed by atoms with Crippen LogP contribution in [0.1, 0.15) is 17.3 Å². The number of hydrogen-bond acceptors (Lipinski definition) is 6. The van der Waals surface area contributed by atoms with Gasteiger partial charge in [-0.15, -0.1) is 13.2 Å². The van der Waals surface area contributed by atoms with Crippen molar-refractivity contribution >= 4 is 28.9 Å². The molecule has 1 heterocycles. The lowest BCUT2D eigenvalue weighted by Crippen LogP contribution is -2.48.